The molecule has 1 amide bonds. The topological polar surface area (TPSA) is 75.0 Å². The molecule has 0 radical (unpaired) electrons. The Bertz CT molecular complexity index is 1150. The number of H-pyrrole nitrogens is 1. The molecule has 0 unspecified atom stereocenters. The number of nitrogens with one attached hydrogen (secondary N) is 1. The van der Waals surface area contributed by atoms with Gasteiger partial charge in [-0.2, -0.15) is 0 Å². The summed E-state index contributed by atoms with van der Waals surface area (Å²) in [5.41, 5.74) is 4.32. The zero-order valence-electron chi connectivity index (χ0n) is 16.3. The van der Waals surface area contributed by atoms with E-state index in [-0.39, 0.29) is 5.91 Å². The summed E-state index contributed by atoms with van der Waals surface area (Å²) in [4.78, 5) is 22.9. The van der Waals surface area contributed by atoms with E-state index in [9.17, 15) is 4.79 Å². The summed E-state index contributed by atoms with van der Waals surface area (Å²) in [5, 5.41) is 5.34. The number of aromatic amines is 1. The van der Waals surface area contributed by atoms with Gasteiger partial charge in [-0.3, -0.25) is 4.79 Å². The molecule has 4 heterocycles. The van der Waals surface area contributed by atoms with E-state index in [1.54, 1.807) is 13.1 Å². The van der Waals surface area contributed by atoms with Gasteiger partial charge in [0.25, 0.3) is 5.91 Å². The fourth-order valence-electron chi connectivity index (χ4n) is 4.28. The molecule has 5 rings (SSSR count). The Morgan fingerprint density at radius 1 is 1.14 bits per heavy atom. The van der Waals surface area contributed by atoms with E-state index >= 15 is 0 Å². The quantitative estimate of drug-likeness (QED) is 0.561. The lowest BCUT2D eigenvalue weighted by Gasteiger charge is -2.32. The van der Waals surface area contributed by atoms with Crippen molar-refractivity contribution in [2.45, 2.75) is 25.7 Å². The van der Waals surface area contributed by atoms with Crippen LogP contribution in [-0.2, 0) is 0 Å². The first-order valence-corrected chi connectivity index (χ1v) is 9.95. The summed E-state index contributed by atoms with van der Waals surface area (Å²) in [6.45, 7) is 3.24. The number of hydrogen-bond acceptors (Lipinski definition) is 4. The Morgan fingerprint density at radius 3 is 2.72 bits per heavy atom. The molecule has 0 aliphatic carbocycles. The van der Waals surface area contributed by atoms with Gasteiger partial charge in [-0.25, -0.2) is 4.98 Å². The van der Waals surface area contributed by atoms with Crippen LogP contribution in [0.15, 0.2) is 59.4 Å². The van der Waals surface area contributed by atoms with Gasteiger partial charge in [0.2, 0.25) is 0 Å². The predicted octanol–water partition coefficient (Wildman–Crippen LogP) is 4.55. The van der Waals surface area contributed by atoms with E-state index in [0.29, 0.717) is 22.9 Å². The van der Waals surface area contributed by atoms with E-state index < -0.39 is 0 Å². The minimum Gasteiger partial charge on any atom is -0.360 e. The van der Waals surface area contributed by atoms with Gasteiger partial charge in [0.05, 0.1) is 0 Å². The fourth-order valence-corrected chi connectivity index (χ4v) is 4.28. The summed E-state index contributed by atoms with van der Waals surface area (Å²) >= 11 is 0. The van der Waals surface area contributed by atoms with Crippen molar-refractivity contribution in [3.63, 3.8) is 0 Å². The lowest BCUT2D eigenvalue weighted by atomic mass is 9.89. The van der Waals surface area contributed by atoms with Crippen LogP contribution in [0.3, 0.4) is 0 Å². The van der Waals surface area contributed by atoms with Crippen LogP contribution < -0.4 is 0 Å². The number of amides is 1. The van der Waals surface area contributed by atoms with Crippen LogP contribution >= 0.6 is 0 Å². The highest BCUT2D eigenvalue weighted by Gasteiger charge is 2.30. The van der Waals surface area contributed by atoms with Crippen LogP contribution in [0, 0.1) is 6.92 Å². The SMILES string of the molecule is Cc1onc(-c2ccccc2)c1C(=O)N1CCC(c2c[nH]c3ncccc23)CC1. The van der Waals surface area contributed by atoms with Gasteiger partial charge in [-0.15, -0.1) is 0 Å². The number of carbonyl (C=O) groups excluding carboxylic acids is 1. The van der Waals surface area contributed by atoms with Crippen molar-refractivity contribution in [2.24, 2.45) is 0 Å². The normalized spacial score (nSPS) is 15.1. The molecule has 1 aliphatic rings. The van der Waals surface area contributed by atoms with Crippen LogP contribution in [-0.4, -0.2) is 39.0 Å². The molecule has 3 aromatic heterocycles. The molecule has 1 aliphatic heterocycles. The summed E-state index contributed by atoms with van der Waals surface area (Å²) < 4.78 is 5.38. The van der Waals surface area contributed by atoms with E-state index in [1.807, 2.05) is 41.3 Å². The first-order chi connectivity index (χ1) is 14.2. The van der Waals surface area contributed by atoms with Crippen molar-refractivity contribution in [1.29, 1.82) is 0 Å². The molecule has 146 valence electrons. The molecule has 1 N–H and O–H groups in total. The van der Waals surface area contributed by atoms with Crippen molar-refractivity contribution < 1.29 is 9.32 Å². The number of pyridine rings is 1. The molecule has 0 bridgehead atoms. The van der Waals surface area contributed by atoms with Gasteiger partial charge in [-0.05, 0) is 43.4 Å². The monoisotopic (exact) mass is 386 g/mol. The highest BCUT2D eigenvalue weighted by Crippen LogP contribution is 2.34. The molecule has 0 saturated carbocycles. The van der Waals surface area contributed by atoms with Crippen molar-refractivity contribution >= 4 is 16.9 Å². The third-order valence-corrected chi connectivity index (χ3v) is 5.83. The lowest BCUT2D eigenvalue weighted by Crippen LogP contribution is -2.38. The number of likely N-dealkylation sites (tertiary alicyclic amines) is 1. The fraction of sp³-hybridized carbons (Fsp3) is 0.261. The van der Waals surface area contributed by atoms with Crippen LogP contribution in [0.4, 0.5) is 0 Å². The van der Waals surface area contributed by atoms with Gasteiger partial charge in [0.1, 0.15) is 22.7 Å². The number of aromatic nitrogens is 3. The van der Waals surface area contributed by atoms with Crippen LogP contribution in [0.5, 0.6) is 0 Å². The lowest BCUT2D eigenvalue weighted by molar-refractivity contribution is 0.0712. The first-order valence-electron chi connectivity index (χ1n) is 9.95. The third-order valence-electron chi connectivity index (χ3n) is 5.83. The average Bonchev–Trinajstić information content (AvgIpc) is 3.38. The number of fused-ring (bicyclic) bond motifs is 1. The van der Waals surface area contributed by atoms with E-state index in [1.165, 1.54) is 10.9 Å². The number of piperidine rings is 1. The van der Waals surface area contributed by atoms with Gasteiger partial charge >= 0.3 is 0 Å². The molecular weight excluding hydrogens is 364 g/mol. The second-order valence-electron chi connectivity index (χ2n) is 7.54. The number of nitrogens with zero attached hydrogens (tertiary/aromatic N) is 3. The molecule has 1 fully saturated rings. The Morgan fingerprint density at radius 2 is 1.93 bits per heavy atom. The van der Waals surface area contributed by atoms with E-state index in [0.717, 1.165) is 37.1 Å². The van der Waals surface area contributed by atoms with Crippen molar-refractivity contribution in [1.82, 2.24) is 20.0 Å². The Balaban J connectivity index is 1.35. The molecule has 4 aromatic rings. The highest BCUT2D eigenvalue weighted by molar-refractivity contribution is 6.00. The second-order valence-corrected chi connectivity index (χ2v) is 7.54. The summed E-state index contributed by atoms with van der Waals surface area (Å²) in [6, 6.07) is 13.8. The third kappa shape index (κ3) is 3.10. The molecule has 29 heavy (non-hydrogen) atoms. The molecule has 1 saturated heterocycles. The molecular formula is C23H22N4O2. The largest absolute Gasteiger partial charge is 0.360 e. The van der Waals surface area contributed by atoms with Gasteiger partial charge in [-0.1, -0.05) is 35.5 Å². The average molecular weight is 386 g/mol. The maximum Gasteiger partial charge on any atom is 0.259 e. The molecule has 0 atom stereocenters. The highest BCUT2D eigenvalue weighted by atomic mass is 16.5. The van der Waals surface area contributed by atoms with Gasteiger partial charge in [0, 0.05) is 36.4 Å². The van der Waals surface area contributed by atoms with Crippen LogP contribution in [0.2, 0.25) is 0 Å². The predicted molar refractivity (Wildman–Crippen MR) is 111 cm³/mol. The first kappa shape index (κ1) is 17.7. The van der Waals surface area contributed by atoms with Crippen molar-refractivity contribution in [2.75, 3.05) is 13.1 Å². The number of hydrogen-bond donors (Lipinski definition) is 1. The zero-order chi connectivity index (χ0) is 19.8. The second kappa shape index (κ2) is 7.20. The molecule has 1 aromatic carbocycles. The van der Waals surface area contributed by atoms with Crippen molar-refractivity contribution in [3.05, 3.63) is 71.7 Å². The molecule has 0 spiro atoms. The van der Waals surface area contributed by atoms with Crippen molar-refractivity contribution in [3.8, 4) is 11.3 Å². The van der Waals surface area contributed by atoms with Crippen LogP contribution in [0.1, 0.15) is 40.4 Å². The zero-order valence-corrected chi connectivity index (χ0v) is 16.3. The number of benzene rings is 1. The maximum absolute atomic E-state index is 13.3. The minimum absolute atomic E-state index is 0.00152. The summed E-state index contributed by atoms with van der Waals surface area (Å²) in [7, 11) is 0. The van der Waals surface area contributed by atoms with Gasteiger partial charge in [0.15, 0.2) is 0 Å². The van der Waals surface area contributed by atoms with E-state index in [2.05, 4.69) is 27.4 Å². The molecule has 6 nitrogen and oxygen atoms in total. The van der Waals surface area contributed by atoms with Crippen LogP contribution in [0.25, 0.3) is 22.3 Å². The minimum atomic E-state index is 0.00152. The summed E-state index contributed by atoms with van der Waals surface area (Å²) in [5.74, 6) is 0.995. The Hall–Kier alpha value is -3.41. The Labute approximate surface area is 168 Å². The maximum atomic E-state index is 13.3. The number of rotatable bonds is 3. The smallest absolute Gasteiger partial charge is 0.259 e. The number of aryl methyl sites for hydroxylation is 1. The Kier molecular flexibility index (Phi) is 4.39. The number of carbonyl (C=O) groups is 1. The van der Waals surface area contributed by atoms with E-state index in [4.69, 9.17) is 4.52 Å². The van der Waals surface area contributed by atoms with Gasteiger partial charge < -0.3 is 14.4 Å². The standard InChI is InChI=1S/C23H22N4O2/c1-15-20(21(26-29-15)17-6-3-2-4-7-17)23(28)27-12-9-16(10-13-27)19-14-25-22-18(19)8-5-11-24-22/h2-8,11,14,16H,9-10,12-13H2,1H3,(H,24,25). The molecule has 6 heteroatoms. The summed E-state index contributed by atoms with van der Waals surface area (Å²) in [6.07, 6.45) is 5.73.